The fourth-order valence-electron chi connectivity index (χ4n) is 4.02. The van der Waals surface area contributed by atoms with Crippen molar-refractivity contribution in [3.05, 3.63) is 48.0 Å². The van der Waals surface area contributed by atoms with E-state index in [1.807, 2.05) is 36.1 Å². The third kappa shape index (κ3) is 9.07. The molecule has 0 aliphatic carbocycles. The molecule has 170 valence electrons. The Hall–Kier alpha value is -2.43. The molecule has 2 atom stereocenters. The van der Waals surface area contributed by atoms with Gasteiger partial charge in [-0.15, -0.1) is 0 Å². The Labute approximate surface area is 186 Å². The van der Waals surface area contributed by atoms with Gasteiger partial charge < -0.3 is 9.64 Å². The SMILES string of the molecule is COC(=O)CCCCCCN1C(=O)CC[C@@H]1/C=C/C(=O)C(C)CCCc1ccccc1. The summed E-state index contributed by atoms with van der Waals surface area (Å²) < 4.78 is 4.64. The number of ether oxygens (including phenoxy) is 1. The highest BCUT2D eigenvalue weighted by Crippen LogP contribution is 2.21. The van der Waals surface area contributed by atoms with Gasteiger partial charge in [-0.2, -0.15) is 0 Å². The number of esters is 1. The monoisotopic (exact) mass is 427 g/mol. The molecule has 5 heteroatoms. The number of hydrogen-bond donors (Lipinski definition) is 0. The highest BCUT2D eigenvalue weighted by Gasteiger charge is 2.28. The quantitative estimate of drug-likeness (QED) is 0.241. The van der Waals surface area contributed by atoms with E-state index in [-0.39, 0.29) is 29.6 Å². The van der Waals surface area contributed by atoms with Crippen LogP contribution >= 0.6 is 0 Å². The van der Waals surface area contributed by atoms with E-state index >= 15 is 0 Å². The Kier molecular flexibility index (Phi) is 11.0. The molecule has 1 aromatic carbocycles. The maximum atomic E-state index is 12.5. The summed E-state index contributed by atoms with van der Waals surface area (Å²) in [5.41, 5.74) is 1.31. The maximum absolute atomic E-state index is 12.5. The standard InChI is InChI=1S/C26H37NO4/c1-21(11-10-14-22-12-6-5-7-13-22)24(28)18-16-23-17-19-25(29)27(23)20-9-4-3-8-15-26(30)31-2/h5-7,12-13,16,18,21,23H,3-4,8-11,14-15,17,19-20H2,1-2H3/b18-16+/t21?,23-/m0/s1. The summed E-state index contributed by atoms with van der Waals surface area (Å²) in [5, 5.41) is 0. The molecule has 1 unspecified atom stereocenters. The molecule has 31 heavy (non-hydrogen) atoms. The largest absolute Gasteiger partial charge is 0.469 e. The first-order chi connectivity index (χ1) is 15.0. The van der Waals surface area contributed by atoms with Gasteiger partial charge in [-0.3, -0.25) is 14.4 Å². The average Bonchev–Trinajstić information content (AvgIpc) is 3.14. The summed E-state index contributed by atoms with van der Waals surface area (Å²) in [7, 11) is 1.41. The molecule has 0 bridgehead atoms. The average molecular weight is 428 g/mol. The number of allylic oxidation sites excluding steroid dienone is 1. The van der Waals surface area contributed by atoms with E-state index in [2.05, 4.69) is 16.9 Å². The molecule has 0 radical (unpaired) electrons. The lowest BCUT2D eigenvalue weighted by Gasteiger charge is -2.22. The molecular formula is C26H37NO4. The number of rotatable bonds is 14. The zero-order valence-electron chi connectivity index (χ0n) is 19.1. The van der Waals surface area contributed by atoms with Crippen molar-refractivity contribution in [2.24, 2.45) is 5.92 Å². The van der Waals surface area contributed by atoms with E-state index in [4.69, 9.17) is 0 Å². The highest BCUT2D eigenvalue weighted by molar-refractivity contribution is 5.91. The predicted octanol–water partition coefficient (Wildman–Crippen LogP) is 4.89. The molecule has 0 N–H and O–H groups in total. The summed E-state index contributed by atoms with van der Waals surface area (Å²) in [6.07, 6.45) is 11.9. The molecule has 1 heterocycles. The fourth-order valence-corrected chi connectivity index (χ4v) is 4.02. The molecule has 1 saturated heterocycles. The van der Waals surface area contributed by atoms with Gasteiger partial charge in [-0.25, -0.2) is 0 Å². The zero-order chi connectivity index (χ0) is 22.5. The minimum Gasteiger partial charge on any atom is -0.469 e. The van der Waals surface area contributed by atoms with Crippen molar-refractivity contribution in [2.75, 3.05) is 13.7 Å². The van der Waals surface area contributed by atoms with Crippen molar-refractivity contribution in [3.63, 3.8) is 0 Å². The lowest BCUT2D eigenvalue weighted by molar-refractivity contribution is -0.140. The summed E-state index contributed by atoms with van der Waals surface area (Å²) in [4.78, 5) is 37.8. The molecule has 1 aliphatic rings. The van der Waals surface area contributed by atoms with Crippen LogP contribution in [0.25, 0.3) is 0 Å². The first-order valence-corrected chi connectivity index (χ1v) is 11.6. The topological polar surface area (TPSA) is 63.7 Å². The number of likely N-dealkylation sites (tertiary alicyclic amines) is 1. The molecule has 0 saturated carbocycles. The van der Waals surface area contributed by atoms with Crippen LogP contribution in [0.1, 0.15) is 70.3 Å². The van der Waals surface area contributed by atoms with Gasteiger partial charge in [0.25, 0.3) is 0 Å². The van der Waals surface area contributed by atoms with Crippen molar-refractivity contribution in [1.82, 2.24) is 4.90 Å². The van der Waals surface area contributed by atoms with E-state index in [1.54, 1.807) is 6.08 Å². The second kappa shape index (κ2) is 13.8. The van der Waals surface area contributed by atoms with Crippen molar-refractivity contribution >= 4 is 17.7 Å². The van der Waals surface area contributed by atoms with E-state index in [0.29, 0.717) is 19.4 Å². The van der Waals surface area contributed by atoms with Crippen LogP contribution in [0.2, 0.25) is 0 Å². The Morgan fingerprint density at radius 3 is 2.61 bits per heavy atom. The van der Waals surface area contributed by atoms with Crippen molar-refractivity contribution in [2.45, 2.75) is 77.2 Å². The lowest BCUT2D eigenvalue weighted by atomic mass is 9.96. The Morgan fingerprint density at radius 2 is 1.87 bits per heavy atom. The van der Waals surface area contributed by atoms with Crippen LogP contribution in [0.4, 0.5) is 0 Å². The van der Waals surface area contributed by atoms with Gasteiger partial charge in [0.1, 0.15) is 0 Å². The smallest absolute Gasteiger partial charge is 0.305 e. The Balaban J connectivity index is 1.69. The van der Waals surface area contributed by atoms with Crippen molar-refractivity contribution in [3.8, 4) is 0 Å². The fraction of sp³-hybridized carbons (Fsp3) is 0.577. The number of amides is 1. The first kappa shape index (κ1) is 24.8. The predicted molar refractivity (Wildman–Crippen MR) is 123 cm³/mol. The summed E-state index contributed by atoms with van der Waals surface area (Å²) in [6.45, 7) is 2.70. The second-order valence-electron chi connectivity index (χ2n) is 8.47. The Morgan fingerprint density at radius 1 is 1.13 bits per heavy atom. The third-order valence-electron chi connectivity index (χ3n) is 6.05. The van der Waals surface area contributed by atoms with Gasteiger partial charge >= 0.3 is 5.97 Å². The van der Waals surface area contributed by atoms with Crippen LogP contribution < -0.4 is 0 Å². The Bertz CT molecular complexity index is 728. The minimum atomic E-state index is -0.168. The summed E-state index contributed by atoms with van der Waals surface area (Å²) in [6, 6.07) is 10.4. The number of unbranched alkanes of at least 4 members (excludes halogenated alkanes) is 3. The molecule has 5 nitrogen and oxygen atoms in total. The van der Waals surface area contributed by atoms with Crippen LogP contribution in [0.15, 0.2) is 42.5 Å². The van der Waals surface area contributed by atoms with Crippen LogP contribution in [0.3, 0.4) is 0 Å². The van der Waals surface area contributed by atoms with Gasteiger partial charge in [0.05, 0.1) is 13.2 Å². The van der Waals surface area contributed by atoms with Gasteiger partial charge in [-0.05, 0) is 50.2 Å². The molecule has 1 amide bonds. The number of carbonyl (C=O) groups excluding carboxylic acids is 3. The lowest BCUT2D eigenvalue weighted by Crippen LogP contribution is -2.32. The van der Waals surface area contributed by atoms with E-state index in [9.17, 15) is 14.4 Å². The normalized spacial score (nSPS) is 17.3. The zero-order valence-corrected chi connectivity index (χ0v) is 19.1. The molecule has 0 spiro atoms. The number of carbonyl (C=O) groups is 3. The number of ketones is 1. The summed E-state index contributed by atoms with van der Waals surface area (Å²) >= 11 is 0. The number of nitrogens with zero attached hydrogens (tertiary/aromatic N) is 1. The van der Waals surface area contributed by atoms with Crippen LogP contribution in [-0.4, -0.2) is 42.3 Å². The maximum Gasteiger partial charge on any atom is 0.305 e. The van der Waals surface area contributed by atoms with Gasteiger partial charge in [0.15, 0.2) is 5.78 Å². The van der Waals surface area contributed by atoms with E-state index < -0.39 is 0 Å². The molecule has 0 aromatic heterocycles. The summed E-state index contributed by atoms with van der Waals surface area (Å²) in [5.74, 6) is 0.155. The van der Waals surface area contributed by atoms with Crippen LogP contribution in [0, 0.1) is 5.92 Å². The molecule has 2 rings (SSSR count). The van der Waals surface area contributed by atoms with Crippen LogP contribution in [-0.2, 0) is 25.5 Å². The van der Waals surface area contributed by atoms with Gasteiger partial charge in [0, 0.05) is 25.3 Å². The number of benzene rings is 1. The van der Waals surface area contributed by atoms with Gasteiger partial charge in [-0.1, -0.05) is 56.2 Å². The highest BCUT2D eigenvalue weighted by atomic mass is 16.5. The third-order valence-corrected chi connectivity index (χ3v) is 6.05. The number of methoxy groups -OCH3 is 1. The number of hydrogen-bond acceptors (Lipinski definition) is 4. The second-order valence-corrected chi connectivity index (χ2v) is 8.47. The number of aryl methyl sites for hydroxylation is 1. The minimum absolute atomic E-state index is 0.000303. The van der Waals surface area contributed by atoms with Crippen molar-refractivity contribution < 1.29 is 19.1 Å². The molecular weight excluding hydrogens is 390 g/mol. The first-order valence-electron chi connectivity index (χ1n) is 11.6. The van der Waals surface area contributed by atoms with Crippen LogP contribution in [0.5, 0.6) is 0 Å². The molecule has 1 aromatic rings. The van der Waals surface area contributed by atoms with E-state index in [1.165, 1.54) is 12.7 Å². The van der Waals surface area contributed by atoms with Crippen molar-refractivity contribution in [1.29, 1.82) is 0 Å². The van der Waals surface area contributed by atoms with Gasteiger partial charge in [0.2, 0.25) is 5.91 Å². The van der Waals surface area contributed by atoms with E-state index in [0.717, 1.165) is 51.4 Å². The molecule has 1 aliphatic heterocycles. The molecule has 1 fully saturated rings.